The average molecular weight is 304 g/mol. The van der Waals surface area contributed by atoms with E-state index in [1.807, 2.05) is 0 Å². The molecular weight excluding hydrogens is 296 g/mol. The number of sulfonamides is 1. The minimum Gasteiger partial charge on any atom is -0.478 e. The summed E-state index contributed by atoms with van der Waals surface area (Å²) in [5, 5.41) is 10.0. The molecule has 0 fully saturated rings. The number of carboxylic acid groups (broad SMARTS) is 1. The molecule has 0 amide bonds. The zero-order chi connectivity index (χ0) is 13.2. The lowest BCUT2D eigenvalue weighted by atomic mass is 10.4. The molecule has 0 radical (unpaired) electrons. The van der Waals surface area contributed by atoms with Gasteiger partial charge in [-0.2, -0.15) is 0 Å². The summed E-state index contributed by atoms with van der Waals surface area (Å²) in [7, 11) is -3.66. The summed E-state index contributed by atoms with van der Waals surface area (Å²) in [6.45, 7) is 0.146. The van der Waals surface area contributed by atoms with Crippen LogP contribution in [0.15, 0.2) is 27.4 Å². The molecule has 0 atom stereocenters. The summed E-state index contributed by atoms with van der Waals surface area (Å²) in [5.41, 5.74) is 1.58. The van der Waals surface area contributed by atoms with E-state index in [1.165, 1.54) is 16.7 Å². The normalized spacial score (nSPS) is 11.6. The first-order chi connectivity index (χ1) is 8.49. The van der Waals surface area contributed by atoms with E-state index in [0.29, 0.717) is 0 Å². The van der Waals surface area contributed by atoms with Crippen LogP contribution in [-0.4, -0.2) is 24.5 Å². The van der Waals surface area contributed by atoms with Crippen molar-refractivity contribution in [2.24, 2.45) is 0 Å². The van der Waals surface area contributed by atoms with Crippen LogP contribution >= 0.6 is 22.7 Å². The second-order valence-corrected chi connectivity index (χ2v) is 7.13. The minimum atomic E-state index is -3.66. The van der Waals surface area contributed by atoms with Gasteiger partial charge in [0.15, 0.2) is 0 Å². The highest BCUT2D eigenvalue weighted by Gasteiger charge is 2.18. The maximum atomic E-state index is 11.9. The summed E-state index contributed by atoms with van der Waals surface area (Å²) in [6, 6.07) is 1.14. The molecule has 2 N–H and O–H groups in total. The summed E-state index contributed by atoms with van der Waals surface area (Å²) in [4.78, 5) is 15.3. The molecule has 6 nitrogen and oxygen atoms in total. The smallest absolute Gasteiger partial charge is 0.336 e. The Morgan fingerprint density at radius 3 is 2.78 bits per heavy atom. The van der Waals surface area contributed by atoms with Crippen molar-refractivity contribution in [3.63, 3.8) is 0 Å². The fourth-order valence-corrected chi connectivity index (χ4v) is 3.97. The van der Waals surface area contributed by atoms with Crippen LogP contribution in [0.1, 0.15) is 15.2 Å². The number of nitrogens with zero attached hydrogens (tertiary/aromatic N) is 1. The van der Waals surface area contributed by atoms with Crippen LogP contribution < -0.4 is 4.72 Å². The van der Waals surface area contributed by atoms with Crippen LogP contribution in [0, 0.1) is 0 Å². The van der Waals surface area contributed by atoms with Gasteiger partial charge >= 0.3 is 5.97 Å². The molecule has 18 heavy (non-hydrogen) atoms. The third kappa shape index (κ3) is 2.93. The second kappa shape index (κ2) is 5.14. The quantitative estimate of drug-likeness (QED) is 0.870. The molecule has 2 aromatic rings. The number of nitrogens with one attached hydrogen (secondary N) is 1. The van der Waals surface area contributed by atoms with Crippen LogP contribution in [0.25, 0.3) is 0 Å². The monoisotopic (exact) mass is 304 g/mol. The Bertz CT molecular complexity index is 645. The molecule has 0 aromatic carbocycles. The summed E-state index contributed by atoms with van der Waals surface area (Å²) >= 11 is 2.22. The zero-order valence-corrected chi connectivity index (χ0v) is 11.3. The molecule has 0 aliphatic rings. The SMILES string of the molecule is O=C(O)c1csc(S(=O)(=O)NCc2cncs2)c1. The maximum Gasteiger partial charge on any atom is 0.336 e. The van der Waals surface area contributed by atoms with Crippen molar-refractivity contribution in [1.82, 2.24) is 9.71 Å². The Balaban J connectivity index is 2.12. The highest BCUT2D eigenvalue weighted by molar-refractivity contribution is 7.91. The minimum absolute atomic E-state index is 0.00980. The second-order valence-electron chi connectivity index (χ2n) is 3.25. The Labute approximate surface area is 111 Å². The number of thiophene rings is 1. The van der Waals surface area contributed by atoms with Crippen LogP contribution in [0.4, 0.5) is 0 Å². The van der Waals surface area contributed by atoms with Crippen molar-refractivity contribution in [2.75, 3.05) is 0 Å². The van der Waals surface area contributed by atoms with Gasteiger partial charge in [-0.1, -0.05) is 0 Å². The predicted octanol–water partition coefficient (Wildman–Crippen LogP) is 1.38. The van der Waals surface area contributed by atoms with Gasteiger partial charge in [-0.3, -0.25) is 4.98 Å². The topological polar surface area (TPSA) is 96.4 Å². The highest BCUT2D eigenvalue weighted by Crippen LogP contribution is 2.20. The molecular formula is C9H8N2O4S3. The van der Waals surface area contributed by atoms with E-state index in [1.54, 1.807) is 11.7 Å². The summed E-state index contributed by atoms with van der Waals surface area (Å²) in [6.07, 6.45) is 1.57. The van der Waals surface area contributed by atoms with Gasteiger partial charge in [0.05, 0.1) is 11.1 Å². The zero-order valence-electron chi connectivity index (χ0n) is 8.86. The van der Waals surface area contributed by atoms with Gasteiger partial charge in [-0.05, 0) is 6.07 Å². The number of carboxylic acids is 1. The van der Waals surface area contributed by atoms with Crippen molar-refractivity contribution < 1.29 is 18.3 Å². The lowest BCUT2D eigenvalue weighted by Gasteiger charge is -2.01. The first kappa shape index (κ1) is 13.1. The number of hydrogen-bond acceptors (Lipinski definition) is 6. The molecule has 9 heteroatoms. The summed E-state index contributed by atoms with van der Waals surface area (Å²) < 4.78 is 26.1. The van der Waals surface area contributed by atoms with E-state index < -0.39 is 16.0 Å². The maximum absolute atomic E-state index is 11.9. The fraction of sp³-hybridized carbons (Fsp3) is 0.111. The van der Waals surface area contributed by atoms with Crippen LogP contribution in [0.2, 0.25) is 0 Å². The van der Waals surface area contributed by atoms with Crippen molar-refractivity contribution in [2.45, 2.75) is 10.8 Å². The van der Waals surface area contributed by atoms with Crippen LogP contribution in [0.5, 0.6) is 0 Å². The first-order valence-corrected chi connectivity index (χ1v) is 7.92. The van der Waals surface area contributed by atoms with Crippen molar-refractivity contribution in [1.29, 1.82) is 0 Å². The summed E-state index contributed by atoms with van der Waals surface area (Å²) in [5.74, 6) is -1.14. The van der Waals surface area contributed by atoms with Gasteiger partial charge in [0.2, 0.25) is 10.0 Å². The largest absolute Gasteiger partial charge is 0.478 e. The van der Waals surface area contributed by atoms with Gasteiger partial charge in [-0.15, -0.1) is 22.7 Å². The molecule has 0 saturated heterocycles. The molecule has 96 valence electrons. The number of thiazole rings is 1. The standard InChI is InChI=1S/C9H8N2O4S3/c12-9(13)6-1-8(16-4-6)18(14,15)11-3-7-2-10-5-17-7/h1-2,4-5,11H,3H2,(H,12,13). The van der Waals surface area contributed by atoms with E-state index in [-0.39, 0.29) is 16.3 Å². The van der Waals surface area contributed by atoms with Gasteiger partial charge in [0.25, 0.3) is 0 Å². The number of hydrogen-bond donors (Lipinski definition) is 2. The van der Waals surface area contributed by atoms with Crippen molar-refractivity contribution in [3.05, 3.63) is 33.6 Å². The predicted molar refractivity (Wildman–Crippen MR) is 67.4 cm³/mol. The first-order valence-electron chi connectivity index (χ1n) is 4.68. The number of aromatic nitrogens is 1. The molecule has 2 rings (SSSR count). The lowest BCUT2D eigenvalue weighted by Crippen LogP contribution is -2.21. The van der Waals surface area contributed by atoms with Gasteiger partial charge < -0.3 is 5.11 Å². The number of rotatable bonds is 5. The molecule has 0 aliphatic carbocycles. The van der Waals surface area contributed by atoms with E-state index in [9.17, 15) is 13.2 Å². The molecule has 0 spiro atoms. The van der Waals surface area contributed by atoms with Gasteiger partial charge in [-0.25, -0.2) is 17.9 Å². The Morgan fingerprint density at radius 2 is 2.22 bits per heavy atom. The van der Waals surface area contributed by atoms with E-state index in [2.05, 4.69) is 9.71 Å². The Hall–Kier alpha value is -1.29. The van der Waals surface area contributed by atoms with Crippen LogP contribution in [-0.2, 0) is 16.6 Å². The third-order valence-corrected chi connectivity index (χ3v) is 5.63. The van der Waals surface area contributed by atoms with Crippen molar-refractivity contribution >= 4 is 38.7 Å². The van der Waals surface area contributed by atoms with E-state index >= 15 is 0 Å². The molecule has 0 aliphatic heterocycles. The van der Waals surface area contributed by atoms with E-state index in [0.717, 1.165) is 22.3 Å². The molecule has 2 aromatic heterocycles. The third-order valence-electron chi connectivity index (χ3n) is 2.01. The Kier molecular flexibility index (Phi) is 3.76. The average Bonchev–Trinajstić information content (AvgIpc) is 2.98. The molecule has 0 unspecified atom stereocenters. The number of aromatic carboxylic acids is 1. The van der Waals surface area contributed by atoms with E-state index in [4.69, 9.17) is 5.11 Å². The molecule has 0 bridgehead atoms. The molecule has 2 heterocycles. The van der Waals surface area contributed by atoms with Gasteiger partial charge in [0.1, 0.15) is 4.21 Å². The van der Waals surface area contributed by atoms with Crippen molar-refractivity contribution in [3.8, 4) is 0 Å². The van der Waals surface area contributed by atoms with Gasteiger partial charge in [0, 0.05) is 23.0 Å². The Morgan fingerprint density at radius 1 is 1.44 bits per heavy atom. The fourth-order valence-electron chi connectivity index (χ4n) is 1.14. The molecule has 0 saturated carbocycles. The highest BCUT2D eigenvalue weighted by atomic mass is 32.2. The van der Waals surface area contributed by atoms with Crippen LogP contribution in [0.3, 0.4) is 0 Å². The lowest BCUT2D eigenvalue weighted by molar-refractivity contribution is 0.0697. The number of carbonyl (C=O) groups is 1.